The van der Waals surface area contributed by atoms with Crippen molar-refractivity contribution in [3.8, 4) is 0 Å². The topological polar surface area (TPSA) is 55.4 Å². The summed E-state index contributed by atoms with van der Waals surface area (Å²) in [6.45, 7) is 5.55. The molecule has 0 aliphatic carbocycles. The molecular formula is C19H21NO3. The molecule has 0 bridgehead atoms. The molecule has 2 aromatic rings. The molecule has 0 heterocycles. The maximum Gasteiger partial charge on any atom is 0.338 e. The second-order valence-corrected chi connectivity index (χ2v) is 5.46. The van der Waals surface area contributed by atoms with Gasteiger partial charge in [0.05, 0.1) is 5.56 Å². The van der Waals surface area contributed by atoms with Crippen molar-refractivity contribution in [3.63, 3.8) is 0 Å². The number of nitrogens with one attached hydrogen (secondary N) is 1. The molecule has 1 amide bonds. The number of hydrogen-bond acceptors (Lipinski definition) is 3. The van der Waals surface area contributed by atoms with Crippen molar-refractivity contribution in [1.29, 1.82) is 0 Å². The van der Waals surface area contributed by atoms with Crippen LogP contribution in [-0.4, -0.2) is 18.0 Å². The first-order chi connectivity index (χ1) is 11.0. The number of carbonyl (C=O) groups excluding carboxylic acids is 2. The number of hydrogen-bond donors (Lipinski definition) is 1. The van der Waals surface area contributed by atoms with Crippen LogP contribution in [0.25, 0.3) is 0 Å². The summed E-state index contributed by atoms with van der Waals surface area (Å²) < 4.78 is 5.22. The summed E-state index contributed by atoms with van der Waals surface area (Å²) in [6, 6.07) is 14.6. The first-order valence-electron chi connectivity index (χ1n) is 7.67. The maximum absolute atomic E-state index is 12.1. The molecule has 0 spiro atoms. The Labute approximate surface area is 136 Å². The van der Waals surface area contributed by atoms with Gasteiger partial charge in [0, 0.05) is 5.69 Å². The van der Waals surface area contributed by atoms with Gasteiger partial charge in [-0.05, 0) is 55.7 Å². The van der Waals surface area contributed by atoms with E-state index in [-0.39, 0.29) is 5.91 Å². The van der Waals surface area contributed by atoms with E-state index in [2.05, 4.69) is 5.32 Å². The molecule has 1 N–H and O–H groups in total. The third-order valence-electron chi connectivity index (χ3n) is 3.54. The maximum atomic E-state index is 12.1. The normalized spacial score (nSPS) is 11.6. The molecule has 4 nitrogen and oxygen atoms in total. The first-order valence-corrected chi connectivity index (χ1v) is 7.67. The number of amides is 1. The van der Waals surface area contributed by atoms with Crippen LogP contribution in [0, 0.1) is 6.92 Å². The number of esters is 1. The minimum Gasteiger partial charge on any atom is -0.449 e. The zero-order chi connectivity index (χ0) is 16.8. The number of rotatable bonds is 5. The fraction of sp³-hybridized carbons (Fsp3) is 0.263. The van der Waals surface area contributed by atoms with Crippen molar-refractivity contribution < 1.29 is 14.3 Å². The average Bonchev–Trinajstić information content (AvgIpc) is 2.54. The highest BCUT2D eigenvalue weighted by molar-refractivity contribution is 5.97. The Hall–Kier alpha value is -2.62. The highest BCUT2D eigenvalue weighted by atomic mass is 16.5. The number of aryl methyl sites for hydroxylation is 2. The van der Waals surface area contributed by atoms with Crippen LogP contribution < -0.4 is 5.32 Å². The summed E-state index contributed by atoms with van der Waals surface area (Å²) >= 11 is 0. The lowest BCUT2D eigenvalue weighted by Crippen LogP contribution is -2.30. The van der Waals surface area contributed by atoms with Gasteiger partial charge in [-0.2, -0.15) is 0 Å². The van der Waals surface area contributed by atoms with E-state index in [0.717, 1.165) is 17.5 Å². The summed E-state index contributed by atoms with van der Waals surface area (Å²) in [4.78, 5) is 24.2. The SMILES string of the molecule is CCc1ccc(C(=O)O[C@H](C)C(=O)Nc2cccc(C)c2)cc1. The van der Waals surface area contributed by atoms with Gasteiger partial charge in [0.1, 0.15) is 0 Å². The summed E-state index contributed by atoms with van der Waals surface area (Å²) in [5.74, 6) is -0.853. The summed E-state index contributed by atoms with van der Waals surface area (Å²) in [6.07, 6.45) is 0.0406. The molecule has 23 heavy (non-hydrogen) atoms. The zero-order valence-electron chi connectivity index (χ0n) is 13.6. The summed E-state index contributed by atoms with van der Waals surface area (Å²) in [5.41, 5.74) is 3.32. The van der Waals surface area contributed by atoms with E-state index in [0.29, 0.717) is 11.3 Å². The van der Waals surface area contributed by atoms with Crippen molar-refractivity contribution in [2.75, 3.05) is 5.32 Å². The molecule has 0 fully saturated rings. The van der Waals surface area contributed by atoms with Crippen LogP contribution in [0.4, 0.5) is 5.69 Å². The third kappa shape index (κ3) is 4.68. The fourth-order valence-corrected chi connectivity index (χ4v) is 2.13. The molecule has 0 radical (unpaired) electrons. The van der Waals surface area contributed by atoms with Gasteiger partial charge in [-0.25, -0.2) is 4.79 Å². The number of anilines is 1. The molecule has 2 rings (SSSR count). The minimum absolute atomic E-state index is 0.353. The lowest BCUT2D eigenvalue weighted by molar-refractivity contribution is -0.123. The molecule has 0 aromatic heterocycles. The predicted octanol–water partition coefficient (Wildman–Crippen LogP) is 3.74. The zero-order valence-corrected chi connectivity index (χ0v) is 13.6. The second-order valence-electron chi connectivity index (χ2n) is 5.46. The molecule has 0 aliphatic heterocycles. The first kappa shape index (κ1) is 16.7. The molecule has 0 unspecified atom stereocenters. The average molecular weight is 311 g/mol. The van der Waals surface area contributed by atoms with Gasteiger partial charge >= 0.3 is 5.97 Å². The minimum atomic E-state index is -0.867. The van der Waals surface area contributed by atoms with Crippen LogP contribution in [0.5, 0.6) is 0 Å². The van der Waals surface area contributed by atoms with Gasteiger partial charge in [-0.3, -0.25) is 4.79 Å². The van der Waals surface area contributed by atoms with Crippen LogP contribution in [-0.2, 0) is 16.0 Å². The van der Waals surface area contributed by atoms with Crippen LogP contribution in [0.3, 0.4) is 0 Å². The van der Waals surface area contributed by atoms with Gasteiger partial charge in [0.15, 0.2) is 6.10 Å². The Bertz CT molecular complexity index is 692. The number of carbonyl (C=O) groups is 2. The standard InChI is InChI=1S/C19H21NO3/c1-4-15-8-10-16(11-9-15)19(22)23-14(3)18(21)20-17-7-5-6-13(2)12-17/h5-12,14H,4H2,1-3H3,(H,20,21)/t14-/m1/s1. The van der Waals surface area contributed by atoms with Gasteiger partial charge in [-0.15, -0.1) is 0 Å². The molecule has 2 aromatic carbocycles. The highest BCUT2D eigenvalue weighted by Gasteiger charge is 2.19. The van der Waals surface area contributed by atoms with Crippen molar-refractivity contribution in [2.24, 2.45) is 0 Å². The quantitative estimate of drug-likeness (QED) is 0.856. The smallest absolute Gasteiger partial charge is 0.338 e. The molecule has 4 heteroatoms. The Morgan fingerprint density at radius 1 is 1.13 bits per heavy atom. The van der Waals surface area contributed by atoms with E-state index in [1.165, 1.54) is 0 Å². The van der Waals surface area contributed by atoms with E-state index in [4.69, 9.17) is 4.74 Å². The van der Waals surface area contributed by atoms with Gasteiger partial charge in [-0.1, -0.05) is 31.2 Å². The Morgan fingerprint density at radius 3 is 2.43 bits per heavy atom. The van der Waals surface area contributed by atoms with E-state index in [1.54, 1.807) is 25.1 Å². The highest BCUT2D eigenvalue weighted by Crippen LogP contribution is 2.12. The molecular weight excluding hydrogens is 290 g/mol. The Balaban J connectivity index is 1.95. The fourth-order valence-electron chi connectivity index (χ4n) is 2.13. The molecule has 0 saturated carbocycles. The van der Waals surface area contributed by atoms with Gasteiger partial charge in [0.2, 0.25) is 0 Å². The van der Waals surface area contributed by atoms with Crippen molar-refractivity contribution in [1.82, 2.24) is 0 Å². The van der Waals surface area contributed by atoms with Crippen LogP contribution in [0.2, 0.25) is 0 Å². The summed E-state index contributed by atoms with van der Waals surface area (Å²) in [7, 11) is 0. The number of benzene rings is 2. The molecule has 120 valence electrons. The monoisotopic (exact) mass is 311 g/mol. The van der Waals surface area contributed by atoms with E-state index >= 15 is 0 Å². The Morgan fingerprint density at radius 2 is 1.83 bits per heavy atom. The molecule has 0 aliphatic rings. The lowest BCUT2D eigenvalue weighted by Gasteiger charge is -2.14. The lowest BCUT2D eigenvalue weighted by atomic mass is 10.1. The largest absolute Gasteiger partial charge is 0.449 e. The summed E-state index contributed by atoms with van der Waals surface area (Å²) in [5, 5.41) is 2.74. The second kappa shape index (κ2) is 7.58. The van der Waals surface area contributed by atoms with E-state index in [1.807, 2.05) is 44.2 Å². The van der Waals surface area contributed by atoms with E-state index < -0.39 is 12.1 Å². The third-order valence-corrected chi connectivity index (χ3v) is 3.54. The van der Waals surface area contributed by atoms with Gasteiger partial charge in [0.25, 0.3) is 5.91 Å². The van der Waals surface area contributed by atoms with Crippen LogP contribution in [0.15, 0.2) is 48.5 Å². The Kier molecular flexibility index (Phi) is 5.52. The van der Waals surface area contributed by atoms with Crippen molar-refractivity contribution in [2.45, 2.75) is 33.3 Å². The molecule has 0 saturated heterocycles. The van der Waals surface area contributed by atoms with Gasteiger partial charge < -0.3 is 10.1 Å². The van der Waals surface area contributed by atoms with Crippen LogP contribution >= 0.6 is 0 Å². The van der Waals surface area contributed by atoms with Crippen molar-refractivity contribution in [3.05, 3.63) is 65.2 Å². The number of ether oxygens (including phenoxy) is 1. The molecule has 1 atom stereocenters. The van der Waals surface area contributed by atoms with E-state index in [9.17, 15) is 9.59 Å². The predicted molar refractivity (Wildman–Crippen MR) is 90.5 cm³/mol. The van der Waals surface area contributed by atoms with Crippen molar-refractivity contribution >= 4 is 17.6 Å². The van der Waals surface area contributed by atoms with Crippen LogP contribution in [0.1, 0.15) is 35.3 Å².